The molecule has 122 valence electrons. The summed E-state index contributed by atoms with van der Waals surface area (Å²) in [6, 6.07) is 6.74. The molecule has 0 fully saturated rings. The van der Waals surface area contributed by atoms with Crippen molar-refractivity contribution in [2.75, 3.05) is 14.2 Å². The Kier molecular flexibility index (Phi) is 6.09. The molecule has 4 nitrogen and oxygen atoms in total. The van der Waals surface area contributed by atoms with Crippen LogP contribution in [0.3, 0.4) is 0 Å². The van der Waals surface area contributed by atoms with E-state index >= 15 is 4.39 Å². The lowest BCUT2D eigenvalue weighted by Gasteiger charge is -2.31. The summed E-state index contributed by atoms with van der Waals surface area (Å²) in [5.41, 5.74) is -2.17. The summed E-state index contributed by atoms with van der Waals surface area (Å²) >= 11 is 0. The van der Waals surface area contributed by atoms with Gasteiger partial charge in [-0.3, -0.25) is 4.79 Å². The Bertz CT molecular complexity index is 541. The molecule has 0 aliphatic heterocycles. The number of ketones is 1. The Morgan fingerprint density at radius 2 is 1.91 bits per heavy atom. The molecule has 2 atom stereocenters. The SMILES string of the molecule is CC[C@@H](c1cccc(OC)c1)[C@](F)(C(=O)OC)C(=O)C(C)C. The van der Waals surface area contributed by atoms with Gasteiger partial charge in [-0.25, -0.2) is 9.18 Å². The van der Waals surface area contributed by atoms with E-state index in [9.17, 15) is 9.59 Å². The third-order valence-electron chi connectivity index (χ3n) is 3.75. The molecule has 0 bridgehead atoms. The summed E-state index contributed by atoms with van der Waals surface area (Å²) in [5, 5.41) is 0. The number of alkyl halides is 1. The Balaban J connectivity index is 3.42. The molecule has 0 aliphatic rings. The highest BCUT2D eigenvalue weighted by Gasteiger charge is 2.54. The maximum atomic E-state index is 15.6. The largest absolute Gasteiger partial charge is 0.497 e. The highest BCUT2D eigenvalue weighted by atomic mass is 19.1. The molecule has 0 heterocycles. The molecule has 1 aromatic carbocycles. The Morgan fingerprint density at radius 3 is 2.36 bits per heavy atom. The predicted molar refractivity (Wildman–Crippen MR) is 81.7 cm³/mol. The Morgan fingerprint density at radius 1 is 1.27 bits per heavy atom. The minimum absolute atomic E-state index is 0.275. The summed E-state index contributed by atoms with van der Waals surface area (Å²) in [4.78, 5) is 24.4. The van der Waals surface area contributed by atoms with E-state index in [2.05, 4.69) is 4.74 Å². The lowest BCUT2D eigenvalue weighted by molar-refractivity contribution is -0.163. The van der Waals surface area contributed by atoms with Gasteiger partial charge in [0, 0.05) is 11.8 Å². The zero-order chi connectivity index (χ0) is 16.9. The number of halogens is 1. The van der Waals surface area contributed by atoms with Gasteiger partial charge in [-0.05, 0) is 24.1 Å². The van der Waals surface area contributed by atoms with Crippen molar-refractivity contribution in [2.45, 2.75) is 38.8 Å². The molecule has 1 aromatic rings. The van der Waals surface area contributed by atoms with E-state index in [1.165, 1.54) is 7.11 Å². The monoisotopic (exact) mass is 310 g/mol. The van der Waals surface area contributed by atoms with Gasteiger partial charge in [-0.2, -0.15) is 0 Å². The van der Waals surface area contributed by atoms with E-state index in [0.29, 0.717) is 11.3 Å². The molecule has 5 heteroatoms. The van der Waals surface area contributed by atoms with Gasteiger partial charge in [-0.15, -0.1) is 0 Å². The van der Waals surface area contributed by atoms with E-state index in [-0.39, 0.29) is 6.42 Å². The van der Waals surface area contributed by atoms with Crippen molar-refractivity contribution < 1.29 is 23.5 Å². The standard InChI is InChI=1S/C17H23FO4/c1-6-14(12-8-7-9-13(10-12)21-4)17(18,16(20)22-5)15(19)11(2)3/h7-11,14H,6H2,1-5H3/t14-,17+/m0/s1. The molecule has 0 aliphatic carbocycles. The zero-order valence-corrected chi connectivity index (χ0v) is 13.7. The Hall–Kier alpha value is -1.91. The highest BCUT2D eigenvalue weighted by Crippen LogP contribution is 2.39. The molecular weight excluding hydrogens is 287 g/mol. The zero-order valence-electron chi connectivity index (χ0n) is 13.7. The first kappa shape index (κ1) is 18.1. The van der Waals surface area contributed by atoms with Crippen LogP contribution in [0.15, 0.2) is 24.3 Å². The number of hydrogen-bond donors (Lipinski definition) is 0. The van der Waals surface area contributed by atoms with Crippen LogP contribution in [-0.2, 0) is 14.3 Å². The fourth-order valence-corrected chi connectivity index (χ4v) is 2.59. The second-order valence-corrected chi connectivity index (χ2v) is 5.46. The molecular formula is C17H23FO4. The van der Waals surface area contributed by atoms with E-state index in [1.54, 1.807) is 45.0 Å². The van der Waals surface area contributed by atoms with Crippen LogP contribution in [-0.4, -0.2) is 31.6 Å². The van der Waals surface area contributed by atoms with Crippen molar-refractivity contribution in [3.05, 3.63) is 29.8 Å². The molecule has 1 rings (SSSR count). The van der Waals surface area contributed by atoms with Gasteiger partial charge >= 0.3 is 5.97 Å². The number of methoxy groups -OCH3 is 2. The number of hydrogen-bond acceptors (Lipinski definition) is 4. The maximum absolute atomic E-state index is 15.6. The van der Waals surface area contributed by atoms with Gasteiger partial charge in [0.1, 0.15) is 5.75 Å². The van der Waals surface area contributed by atoms with Gasteiger partial charge in [0.05, 0.1) is 14.2 Å². The number of carbonyl (C=O) groups is 2. The molecule has 22 heavy (non-hydrogen) atoms. The number of Topliss-reactive ketones (excluding diaryl/α,β-unsaturated/α-hetero) is 1. The summed E-state index contributed by atoms with van der Waals surface area (Å²) < 4.78 is 25.3. The van der Waals surface area contributed by atoms with Gasteiger partial charge in [0.15, 0.2) is 5.78 Å². The molecule has 0 amide bonds. The molecule has 0 saturated carbocycles. The smallest absolute Gasteiger partial charge is 0.352 e. The van der Waals surface area contributed by atoms with Gasteiger partial charge in [-0.1, -0.05) is 32.9 Å². The van der Waals surface area contributed by atoms with Crippen LogP contribution >= 0.6 is 0 Å². The van der Waals surface area contributed by atoms with Gasteiger partial charge < -0.3 is 9.47 Å². The second kappa shape index (κ2) is 7.38. The molecule has 0 spiro atoms. The number of ether oxygens (including phenoxy) is 2. The van der Waals surface area contributed by atoms with Crippen LogP contribution in [0.5, 0.6) is 5.75 Å². The molecule has 0 aromatic heterocycles. The van der Waals surface area contributed by atoms with Crippen LogP contribution in [0.2, 0.25) is 0 Å². The van der Waals surface area contributed by atoms with Crippen LogP contribution in [0.25, 0.3) is 0 Å². The van der Waals surface area contributed by atoms with Crippen LogP contribution in [0.4, 0.5) is 4.39 Å². The minimum Gasteiger partial charge on any atom is -0.497 e. The third kappa shape index (κ3) is 3.29. The summed E-state index contributed by atoms with van der Waals surface area (Å²) in [5.74, 6) is -2.93. The summed E-state index contributed by atoms with van der Waals surface area (Å²) in [6.45, 7) is 4.87. The molecule has 0 N–H and O–H groups in total. The maximum Gasteiger partial charge on any atom is 0.352 e. The Labute approximate surface area is 130 Å². The fourth-order valence-electron chi connectivity index (χ4n) is 2.59. The predicted octanol–water partition coefficient (Wildman–Crippen LogP) is 3.30. The van der Waals surface area contributed by atoms with Crippen LogP contribution in [0, 0.1) is 5.92 Å². The number of benzene rings is 1. The van der Waals surface area contributed by atoms with Gasteiger partial charge in [0.25, 0.3) is 5.67 Å². The van der Waals surface area contributed by atoms with Crippen molar-refractivity contribution in [2.24, 2.45) is 5.92 Å². The highest BCUT2D eigenvalue weighted by molar-refractivity contribution is 6.09. The summed E-state index contributed by atoms with van der Waals surface area (Å²) in [7, 11) is 2.59. The second-order valence-electron chi connectivity index (χ2n) is 5.46. The summed E-state index contributed by atoms with van der Waals surface area (Å²) in [6.07, 6.45) is 0.275. The van der Waals surface area contributed by atoms with Crippen molar-refractivity contribution in [3.63, 3.8) is 0 Å². The van der Waals surface area contributed by atoms with E-state index in [1.807, 2.05) is 0 Å². The lowest BCUT2D eigenvalue weighted by atomic mass is 9.76. The van der Waals surface area contributed by atoms with E-state index in [4.69, 9.17) is 4.74 Å². The fraction of sp³-hybridized carbons (Fsp3) is 0.529. The third-order valence-corrected chi connectivity index (χ3v) is 3.75. The van der Waals surface area contributed by atoms with Gasteiger partial charge in [0.2, 0.25) is 0 Å². The van der Waals surface area contributed by atoms with Crippen molar-refractivity contribution in [1.29, 1.82) is 0 Å². The first-order valence-corrected chi connectivity index (χ1v) is 7.28. The van der Waals surface area contributed by atoms with Crippen molar-refractivity contribution in [3.8, 4) is 5.75 Å². The quantitative estimate of drug-likeness (QED) is 0.573. The first-order valence-electron chi connectivity index (χ1n) is 7.28. The number of esters is 1. The van der Waals surface area contributed by atoms with Crippen LogP contribution < -0.4 is 4.74 Å². The van der Waals surface area contributed by atoms with E-state index < -0.39 is 29.3 Å². The number of carbonyl (C=O) groups excluding carboxylic acids is 2. The normalized spacial score (nSPS) is 15.0. The van der Waals surface area contributed by atoms with E-state index in [0.717, 1.165) is 7.11 Å². The lowest BCUT2D eigenvalue weighted by Crippen LogP contribution is -2.50. The minimum atomic E-state index is -2.70. The first-order chi connectivity index (χ1) is 10.3. The van der Waals surface area contributed by atoms with Crippen molar-refractivity contribution >= 4 is 11.8 Å². The number of rotatable bonds is 7. The van der Waals surface area contributed by atoms with Crippen molar-refractivity contribution in [1.82, 2.24) is 0 Å². The molecule has 0 unspecified atom stereocenters. The topological polar surface area (TPSA) is 52.6 Å². The molecule has 0 radical (unpaired) electrons. The molecule has 0 saturated heterocycles. The van der Waals surface area contributed by atoms with Crippen LogP contribution in [0.1, 0.15) is 38.7 Å². The average molecular weight is 310 g/mol. The average Bonchev–Trinajstić information content (AvgIpc) is 2.53.